The van der Waals surface area contributed by atoms with Gasteiger partial charge in [-0.15, -0.1) is 0 Å². The Morgan fingerprint density at radius 2 is 2.17 bits per heavy atom. The molecule has 1 aromatic rings. The highest BCUT2D eigenvalue weighted by Crippen LogP contribution is 2.42. The minimum atomic E-state index is -0.817. The van der Waals surface area contributed by atoms with Crippen LogP contribution in [0.4, 0.5) is 0 Å². The average Bonchev–Trinajstić information content (AvgIpc) is 2.73. The Morgan fingerprint density at radius 3 is 2.78 bits per heavy atom. The van der Waals surface area contributed by atoms with Crippen molar-refractivity contribution in [1.29, 1.82) is 0 Å². The second-order valence-electron chi connectivity index (χ2n) is 5.07. The van der Waals surface area contributed by atoms with Gasteiger partial charge in [0.05, 0.1) is 5.41 Å². The van der Waals surface area contributed by atoms with Crippen molar-refractivity contribution in [2.24, 2.45) is 5.41 Å². The largest absolute Gasteiger partial charge is 0.481 e. The fraction of sp³-hybridized carbons (Fsp3) is 0.462. The van der Waals surface area contributed by atoms with Gasteiger partial charge < -0.3 is 14.6 Å². The average molecular weight is 315 g/mol. The lowest BCUT2D eigenvalue weighted by atomic mass is 9.85. The summed E-state index contributed by atoms with van der Waals surface area (Å²) in [5.74, 6) is 0.607. The van der Waals surface area contributed by atoms with Crippen LogP contribution in [0.5, 0.6) is 11.5 Å². The number of carbonyl (C=O) groups is 1. The van der Waals surface area contributed by atoms with E-state index in [0.717, 1.165) is 21.3 Å². The molecule has 0 atom stereocenters. The van der Waals surface area contributed by atoms with Gasteiger partial charge in [0.2, 0.25) is 6.79 Å². The molecule has 0 saturated heterocycles. The monoisotopic (exact) mass is 314 g/mol. The van der Waals surface area contributed by atoms with E-state index in [4.69, 9.17) is 9.47 Å². The summed E-state index contributed by atoms with van der Waals surface area (Å²) < 4.78 is 11.6. The summed E-state index contributed by atoms with van der Waals surface area (Å²) in [6, 6.07) is 1.85. The van der Waals surface area contributed by atoms with Gasteiger partial charge in [-0.3, -0.25) is 4.79 Å². The molecule has 1 aromatic carbocycles. The molecule has 0 amide bonds. The van der Waals surface area contributed by atoms with Gasteiger partial charge >= 0.3 is 5.97 Å². The van der Waals surface area contributed by atoms with E-state index < -0.39 is 11.4 Å². The van der Waals surface area contributed by atoms with Gasteiger partial charge in [0, 0.05) is 10.0 Å². The van der Waals surface area contributed by atoms with E-state index in [2.05, 4.69) is 15.9 Å². The molecule has 1 N–H and O–H groups in total. The fourth-order valence-corrected chi connectivity index (χ4v) is 2.37. The van der Waals surface area contributed by atoms with Gasteiger partial charge in [-0.05, 0) is 38.8 Å². The Labute approximate surface area is 114 Å². The number of ether oxygens (including phenoxy) is 2. The quantitative estimate of drug-likeness (QED) is 0.931. The van der Waals surface area contributed by atoms with Crippen LogP contribution in [-0.2, 0) is 11.2 Å². The highest BCUT2D eigenvalue weighted by Gasteiger charge is 2.30. The minimum Gasteiger partial charge on any atom is -0.481 e. The van der Waals surface area contributed by atoms with Crippen molar-refractivity contribution in [1.82, 2.24) is 0 Å². The first kappa shape index (κ1) is 13.2. The lowest BCUT2D eigenvalue weighted by Crippen LogP contribution is -2.26. The zero-order valence-corrected chi connectivity index (χ0v) is 12.1. The summed E-state index contributed by atoms with van der Waals surface area (Å²) in [5.41, 5.74) is 1.05. The van der Waals surface area contributed by atoms with Gasteiger partial charge in [0.1, 0.15) is 0 Å². The molecule has 0 bridgehead atoms. The highest BCUT2D eigenvalue weighted by atomic mass is 79.9. The lowest BCUT2D eigenvalue weighted by molar-refractivity contribution is -0.146. The van der Waals surface area contributed by atoms with E-state index in [9.17, 15) is 9.90 Å². The van der Waals surface area contributed by atoms with Gasteiger partial charge in [-0.2, -0.15) is 0 Å². The first-order chi connectivity index (χ1) is 8.33. The van der Waals surface area contributed by atoms with E-state index in [1.54, 1.807) is 13.8 Å². The molecule has 0 unspecified atom stereocenters. The van der Waals surface area contributed by atoms with Gasteiger partial charge in [0.25, 0.3) is 0 Å². The van der Waals surface area contributed by atoms with Crippen LogP contribution in [0.1, 0.15) is 25.0 Å². The van der Waals surface area contributed by atoms with Crippen LogP contribution in [0, 0.1) is 12.3 Å². The Morgan fingerprint density at radius 1 is 1.50 bits per heavy atom. The zero-order chi connectivity index (χ0) is 13.5. The molecule has 0 aromatic heterocycles. The van der Waals surface area contributed by atoms with Gasteiger partial charge in [-0.25, -0.2) is 0 Å². The van der Waals surface area contributed by atoms with Crippen molar-refractivity contribution in [2.75, 3.05) is 6.79 Å². The molecule has 4 nitrogen and oxygen atoms in total. The second-order valence-corrected chi connectivity index (χ2v) is 5.87. The topological polar surface area (TPSA) is 55.8 Å². The first-order valence-electron chi connectivity index (χ1n) is 5.64. The minimum absolute atomic E-state index is 0.217. The van der Waals surface area contributed by atoms with E-state index in [-0.39, 0.29) is 6.79 Å². The number of halogens is 1. The number of benzene rings is 1. The Bertz CT molecular complexity index is 508. The lowest BCUT2D eigenvalue weighted by Gasteiger charge is -2.20. The number of fused-ring (bicyclic) bond motifs is 1. The maximum atomic E-state index is 11.2. The summed E-state index contributed by atoms with van der Waals surface area (Å²) in [4.78, 5) is 11.2. The number of rotatable bonds is 3. The number of aliphatic carboxylic acids is 1. The van der Waals surface area contributed by atoms with Crippen LogP contribution in [-0.4, -0.2) is 17.9 Å². The molecule has 0 saturated carbocycles. The number of hydrogen-bond acceptors (Lipinski definition) is 3. The van der Waals surface area contributed by atoms with Crippen LogP contribution in [0.15, 0.2) is 10.5 Å². The predicted octanol–water partition coefficient (Wildman–Crippen LogP) is 3.14. The molecule has 5 heteroatoms. The smallest absolute Gasteiger partial charge is 0.309 e. The standard InChI is InChI=1S/C13H15BrO4/c1-7-10(14)8(5-13(2,3)12(15)16)4-9-11(7)18-6-17-9/h4H,5-6H2,1-3H3,(H,15,16). The predicted molar refractivity (Wildman–Crippen MR) is 70.1 cm³/mol. The summed E-state index contributed by atoms with van der Waals surface area (Å²) >= 11 is 3.51. The Balaban J connectivity index is 2.41. The normalized spacial score (nSPS) is 13.8. The molecule has 0 aliphatic carbocycles. The first-order valence-corrected chi connectivity index (χ1v) is 6.43. The SMILES string of the molecule is Cc1c(Br)c(CC(C)(C)C(=O)O)cc2c1OCO2. The van der Waals surface area contributed by atoms with Crippen LogP contribution >= 0.6 is 15.9 Å². The zero-order valence-electron chi connectivity index (χ0n) is 10.5. The van der Waals surface area contributed by atoms with Crippen molar-refractivity contribution >= 4 is 21.9 Å². The fourth-order valence-electron chi connectivity index (χ4n) is 1.93. The third-order valence-electron chi connectivity index (χ3n) is 3.11. The van der Waals surface area contributed by atoms with E-state index in [0.29, 0.717) is 12.2 Å². The van der Waals surface area contributed by atoms with Crippen molar-refractivity contribution in [3.8, 4) is 11.5 Å². The molecule has 98 valence electrons. The molecule has 18 heavy (non-hydrogen) atoms. The van der Waals surface area contributed by atoms with Crippen molar-refractivity contribution < 1.29 is 19.4 Å². The van der Waals surface area contributed by atoms with Crippen LogP contribution in [0.25, 0.3) is 0 Å². The van der Waals surface area contributed by atoms with Crippen LogP contribution in [0.3, 0.4) is 0 Å². The van der Waals surface area contributed by atoms with E-state index >= 15 is 0 Å². The number of carboxylic acid groups (broad SMARTS) is 1. The van der Waals surface area contributed by atoms with Crippen LogP contribution < -0.4 is 9.47 Å². The van der Waals surface area contributed by atoms with Crippen molar-refractivity contribution in [3.05, 3.63) is 21.7 Å². The molecule has 0 radical (unpaired) electrons. The number of hydrogen-bond donors (Lipinski definition) is 1. The van der Waals surface area contributed by atoms with Gasteiger partial charge in [0.15, 0.2) is 11.5 Å². The third-order valence-corrected chi connectivity index (χ3v) is 4.21. The summed E-state index contributed by atoms with van der Waals surface area (Å²) in [7, 11) is 0. The molecule has 0 spiro atoms. The van der Waals surface area contributed by atoms with E-state index in [1.807, 2.05) is 13.0 Å². The second kappa shape index (κ2) is 4.46. The van der Waals surface area contributed by atoms with Gasteiger partial charge in [-0.1, -0.05) is 15.9 Å². The Kier molecular flexibility index (Phi) is 3.27. The van der Waals surface area contributed by atoms with Crippen LogP contribution in [0.2, 0.25) is 0 Å². The molecule has 1 aliphatic heterocycles. The van der Waals surface area contributed by atoms with E-state index in [1.165, 1.54) is 0 Å². The maximum Gasteiger partial charge on any atom is 0.309 e. The molecule has 0 fully saturated rings. The number of carboxylic acids is 1. The Hall–Kier alpha value is -1.23. The molecule has 2 rings (SSSR count). The highest BCUT2D eigenvalue weighted by molar-refractivity contribution is 9.10. The maximum absolute atomic E-state index is 11.2. The molecule has 1 heterocycles. The molecule has 1 aliphatic rings. The summed E-state index contributed by atoms with van der Waals surface area (Å²) in [5, 5.41) is 9.18. The summed E-state index contributed by atoms with van der Waals surface area (Å²) in [6.07, 6.45) is 0.431. The molecular weight excluding hydrogens is 300 g/mol. The third kappa shape index (κ3) is 2.19. The molecular formula is C13H15BrO4. The summed E-state index contributed by atoms with van der Waals surface area (Å²) in [6.45, 7) is 5.56. The van der Waals surface area contributed by atoms with Crippen molar-refractivity contribution in [2.45, 2.75) is 27.2 Å². The van der Waals surface area contributed by atoms with Crippen molar-refractivity contribution in [3.63, 3.8) is 0 Å².